The number of aromatic nitrogens is 5. The van der Waals surface area contributed by atoms with E-state index in [0.717, 1.165) is 33.4 Å². The van der Waals surface area contributed by atoms with E-state index in [4.69, 9.17) is 0 Å². The summed E-state index contributed by atoms with van der Waals surface area (Å²) in [7, 11) is 0. The van der Waals surface area contributed by atoms with Gasteiger partial charge in [-0.1, -0.05) is 42.1 Å². The Labute approximate surface area is 161 Å². The first-order chi connectivity index (χ1) is 13.1. The summed E-state index contributed by atoms with van der Waals surface area (Å²) >= 11 is 1.35. The zero-order valence-corrected chi connectivity index (χ0v) is 16.2. The van der Waals surface area contributed by atoms with Crippen molar-refractivity contribution in [3.05, 3.63) is 64.8 Å². The third kappa shape index (κ3) is 3.14. The molecular formula is C20H19N5OS. The van der Waals surface area contributed by atoms with E-state index in [1.54, 1.807) is 4.68 Å². The zero-order chi connectivity index (χ0) is 19.0. The van der Waals surface area contributed by atoms with Crippen molar-refractivity contribution in [2.75, 3.05) is 5.75 Å². The van der Waals surface area contributed by atoms with Gasteiger partial charge in [-0.25, -0.2) is 0 Å². The molecule has 4 rings (SSSR count). The summed E-state index contributed by atoms with van der Waals surface area (Å²) in [4.78, 5) is 16.2. The number of ketones is 1. The fraction of sp³-hybridized carbons (Fsp3) is 0.200. The van der Waals surface area contributed by atoms with E-state index in [-0.39, 0.29) is 11.5 Å². The first-order valence-corrected chi connectivity index (χ1v) is 9.63. The molecule has 2 aromatic carbocycles. The number of tetrazole rings is 1. The second kappa shape index (κ2) is 7.00. The maximum Gasteiger partial charge on any atom is 0.214 e. The van der Waals surface area contributed by atoms with Crippen LogP contribution in [0.15, 0.2) is 47.6 Å². The monoisotopic (exact) mass is 377 g/mol. The molecule has 0 aliphatic carbocycles. The van der Waals surface area contributed by atoms with E-state index in [2.05, 4.69) is 33.5 Å². The first-order valence-electron chi connectivity index (χ1n) is 8.64. The number of rotatable bonds is 5. The normalized spacial score (nSPS) is 11.2. The van der Waals surface area contributed by atoms with E-state index in [0.29, 0.717) is 5.16 Å². The Hall–Kier alpha value is -2.93. The van der Waals surface area contributed by atoms with E-state index >= 15 is 0 Å². The summed E-state index contributed by atoms with van der Waals surface area (Å²) in [5.41, 5.74) is 5.82. The van der Waals surface area contributed by atoms with Crippen LogP contribution in [0.5, 0.6) is 0 Å². The van der Waals surface area contributed by atoms with Crippen molar-refractivity contribution >= 4 is 28.4 Å². The van der Waals surface area contributed by atoms with Crippen molar-refractivity contribution in [1.82, 2.24) is 25.2 Å². The lowest BCUT2D eigenvalue weighted by atomic mass is 10.1. The largest absolute Gasteiger partial charge is 0.358 e. The van der Waals surface area contributed by atoms with E-state index in [1.165, 1.54) is 17.3 Å². The number of thioether (sulfide) groups is 1. The van der Waals surface area contributed by atoms with Crippen molar-refractivity contribution < 1.29 is 4.79 Å². The van der Waals surface area contributed by atoms with Crippen LogP contribution in [0.4, 0.5) is 0 Å². The second-order valence-corrected chi connectivity index (χ2v) is 7.42. The van der Waals surface area contributed by atoms with Gasteiger partial charge in [-0.3, -0.25) is 4.79 Å². The van der Waals surface area contributed by atoms with Gasteiger partial charge in [-0.2, -0.15) is 4.68 Å². The quantitative estimate of drug-likeness (QED) is 0.419. The minimum Gasteiger partial charge on any atom is -0.358 e. The molecule has 0 spiro atoms. The highest BCUT2D eigenvalue weighted by molar-refractivity contribution is 7.99. The van der Waals surface area contributed by atoms with Crippen molar-refractivity contribution in [3.8, 4) is 5.69 Å². The number of carbonyl (C=O) groups excluding carboxylic acids is 1. The molecule has 0 fully saturated rings. The average molecular weight is 377 g/mol. The van der Waals surface area contributed by atoms with Crippen molar-refractivity contribution in [1.29, 1.82) is 0 Å². The van der Waals surface area contributed by atoms with Crippen molar-refractivity contribution in [2.45, 2.75) is 25.9 Å². The smallest absolute Gasteiger partial charge is 0.214 e. The molecule has 2 aromatic heterocycles. The molecule has 2 heterocycles. The maximum absolute atomic E-state index is 12.9. The molecule has 0 saturated heterocycles. The minimum absolute atomic E-state index is 0.0606. The molecule has 6 nitrogen and oxygen atoms in total. The summed E-state index contributed by atoms with van der Waals surface area (Å²) in [5, 5.41) is 13.6. The number of hydrogen-bond donors (Lipinski definition) is 1. The van der Waals surface area contributed by atoms with Gasteiger partial charge >= 0.3 is 0 Å². The molecule has 0 atom stereocenters. The standard InChI is InChI=1S/C20H19N5OS/c1-12-7-6-10-17(13(12)2)25-20(22-23-24-25)27-11-18(26)19-14(3)21-16-9-5-4-8-15(16)19/h4-10,21H,11H2,1-3H3. The lowest BCUT2D eigenvalue weighted by molar-refractivity contribution is 0.102. The lowest BCUT2D eigenvalue weighted by Gasteiger charge is -2.09. The second-order valence-electron chi connectivity index (χ2n) is 6.47. The van der Waals surface area contributed by atoms with Gasteiger partial charge in [-0.15, -0.1) is 5.10 Å². The molecule has 27 heavy (non-hydrogen) atoms. The Kier molecular flexibility index (Phi) is 4.53. The molecule has 0 aliphatic rings. The Morgan fingerprint density at radius 1 is 1.11 bits per heavy atom. The van der Waals surface area contributed by atoms with Crippen LogP contribution in [0.2, 0.25) is 0 Å². The van der Waals surface area contributed by atoms with Gasteiger partial charge in [0, 0.05) is 22.2 Å². The van der Waals surface area contributed by atoms with E-state index < -0.39 is 0 Å². The minimum atomic E-state index is 0.0606. The van der Waals surface area contributed by atoms with Crippen LogP contribution in [0.1, 0.15) is 27.2 Å². The number of benzene rings is 2. The maximum atomic E-state index is 12.9. The van der Waals surface area contributed by atoms with Crippen LogP contribution in [-0.4, -0.2) is 36.7 Å². The third-order valence-electron chi connectivity index (χ3n) is 4.75. The fourth-order valence-corrected chi connectivity index (χ4v) is 3.98. The number of nitrogens with zero attached hydrogens (tertiary/aromatic N) is 4. The zero-order valence-electron chi connectivity index (χ0n) is 15.4. The number of para-hydroxylation sites is 1. The van der Waals surface area contributed by atoms with Gasteiger partial charge in [0.1, 0.15) is 0 Å². The predicted octanol–water partition coefficient (Wildman–Crippen LogP) is 4.04. The highest BCUT2D eigenvalue weighted by atomic mass is 32.2. The third-order valence-corrected chi connectivity index (χ3v) is 5.67. The van der Waals surface area contributed by atoms with Gasteiger partial charge in [-0.05, 0) is 54.5 Å². The highest BCUT2D eigenvalue weighted by Gasteiger charge is 2.18. The predicted molar refractivity (Wildman–Crippen MR) is 107 cm³/mol. The van der Waals surface area contributed by atoms with Crippen LogP contribution < -0.4 is 0 Å². The molecule has 0 radical (unpaired) electrons. The molecule has 136 valence electrons. The molecule has 0 unspecified atom stereocenters. The number of nitrogens with one attached hydrogen (secondary N) is 1. The molecular weight excluding hydrogens is 358 g/mol. The van der Waals surface area contributed by atoms with Crippen LogP contribution >= 0.6 is 11.8 Å². The molecule has 1 N–H and O–H groups in total. The summed E-state index contributed by atoms with van der Waals surface area (Å²) in [6, 6.07) is 13.9. The molecule has 4 aromatic rings. The van der Waals surface area contributed by atoms with Gasteiger partial charge in [0.15, 0.2) is 5.78 Å². The molecule has 0 saturated carbocycles. The summed E-state index contributed by atoms with van der Waals surface area (Å²) in [6.07, 6.45) is 0. The van der Waals surface area contributed by atoms with Crippen molar-refractivity contribution in [3.63, 3.8) is 0 Å². The number of aromatic amines is 1. The summed E-state index contributed by atoms with van der Waals surface area (Å²) < 4.78 is 1.70. The van der Waals surface area contributed by atoms with Gasteiger partial charge in [0.2, 0.25) is 5.16 Å². The van der Waals surface area contributed by atoms with Gasteiger partial charge < -0.3 is 4.98 Å². The van der Waals surface area contributed by atoms with Crippen molar-refractivity contribution in [2.24, 2.45) is 0 Å². The SMILES string of the molecule is Cc1cccc(-n2nnnc2SCC(=O)c2c(C)[nH]c3ccccc23)c1C. The van der Waals surface area contributed by atoms with Gasteiger partial charge in [0.05, 0.1) is 11.4 Å². The molecule has 0 amide bonds. The fourth-order valence-electron chi connectivity index (χ4n) is 3.22. The lowest BCUT2D eigenvalue weighted by Crippen LogP contribution is -2.07. The number of aryl methyl sites for hydroxylation is 2. The van der Waals surface area contributed by atoms with E-state index in [1.807, 2.05) is 50.2 Å². The summed E-state index contributed by atoms with van der Waals surface area (Å²) in [6.45, 7) is 6.03. The highest BCUT2D eigenvalue weighted by Crippen LogP contribution is 2.26. The summed E-state index contributed by atoms with van der Waals surface area (Å²) in [5.74, 6) is 0.332. The van der Waals surface area contributed by atoms with Gasteiger partial charge in [0.25, 0.3) is 0 Å². The Morgan fingerprint density at radius 3 is 2.78 bits per heavy atom. The first kappa shape index (κ1) is 17.5. The Morgan fingerprint density at radius 2 is 1.93 bits per heavy atom. The number of carbonyl (C=O) groups is 1. The number of H-pyrrole nitrogens is 1. The average Bonchev–Trinajstić information content (AvgIpc) is 3.25. The Bertz CT molecular complexity index is 1140. The molecule has 0 bridgehead atoms. The Balaban J connectivity index is 1.60. The number of fused-ring (bicyclic) bond motifs is 1. The van der Waals surface area contributed by atoms with Crippen LogP contribution in [-0.2, 0) is 0 Å². The van der Waals surface area contributed by atoms with Crippen LogP contribution in [0, 0.1) is 20.8 Å². The van der Waals surface area contributed by atoms with Crippen LogP contribution in [0.3, 0.4) is 0 Å². The molecule has 0 aliphatic heterocycles. The number of Topliss-reactive ketones (excluding diaryl/α,β-unsaturated/α-hetero) is 1. The topological polar surface area (TPSA) is 76.5 Å². The number of hydrogen-bond acceptors (Lipinski definition) is 5. The van der Waals surface area contributed by atoms with Crippen LogP contribution in [0.25, 0.3) is 16.6 Å². The molecule has 7 heteroatoms. The van der Waals surface area contributed by atoms with E-state index in [9.17, 15) is 4.79 Å².